The molecule has 1 heterocycles. The molecule has 10 heteroatoms. The summed E-state index contributed by atoms with van der Waals surface area (Å²) in [7, 11) is -3.82. The van der Waals surface area contributed by atoms with E-state index in [4.69, 9.17) is 4.74 Å². The summed E-state index contributed by atoms with van der Waals surface area (Å²) in [5.41, 5.74) is 0.0450. The Hall–Kier alpha value is -2.46. The molecular formula is C19H27N3O6S. The summed E-state index contributed by atoms with van der Waals surface area (Å²) in [6.45, 7) is 6.30. The molecule has 0 saturated carbocycles. The summed E-state index contributed by atoms with van der Waals surface area (Å²) in [4.78, 5) is 37.2. The van der Waals surface area contributed by atoms with Gasteiger partial charge in [-0.05, 0) is 31.5 Å². The number of piperazine rings is 1. The molecule has 29 heavy (non-hydrogen) atoms. The Morgan fingerprint density at radius 3 is 2.41 bits per heavy atom. The summed E-state index contributed by atoms with van der Waals surface area (Å²) >= 11 is 0. The van der Waals surface area contributed by atoms with Crippen LogP contribution in [0.2, 0.25) is 0 Å². The van der Waals surface area contributed by atoms with Gasteiger partial charge < -0.3 is 15.0 Å². The van der Waals surface area contributed by atoms with Crippen molar-refractivity contribution in [3.8, 4) is 0 Å². The van der Waals surface area contributed by atoms with Crippen LogP contribution in [0.15, 0.2) is 29.2 Å². The molecule has 0 aromatic heterocycles. The molecule has 1 N–H and O–H groups in total. The maximum absolute atomic E-state index is 12.9. The Bertz CT molecular complexity index is 862. The van der Waals surface area contributed by atoms with Crippen LogP contribution in [-0.4, -0.2) is 74.2 Å². The van der Waals surface area contributed by atoms with E-state index in [1.165, 1.54) is 42.4 Å². The van der Waals surface area contributed by atoms with Gasteiger partial charge in [0.1, 0.15) is 0 Å². The topological polar surface area (TPSA) is 113 Å². The molecule has 0 unspecified atom stereocenters. The van der Waals surface area contributed by atoms with Crippen molar-refractivity contribution >= 4 is 27.8 Å². The quantitative estimate of drug-likeness (QED) is 0.641. The monoisotopic (exact) mass is 425 g/mol. The summed E-state index contributed by atoms with van der Waals surface area (Å²) in [5, 5.41) is 2.63. The average Bonchev–Trinajstić information content (AvgIpc) is 2.71. The zero-order valence-electron chi connectivity index (χ0n) is 16.9. The number of sulfonamides is 1. The van der Waals surface area contributed by atoms with Gasteiger partial charge in [0.05, 0.1) is 10.5 Å². The van der Waals surface area contributed by atoms with Crippen LogP contribution in [0.5, 0.6) is 0 Å². The summed E-state index contributed by atoms with van der Waals surface area (Å²) < 4.78 is 32.2. The van der Waals surface area contributed by atoms with Crippen molar-refractivity contribution in [2.75, 3.05) is 32.7 Å². The van der Waals surface area contributed by atoms with Crippen molar-refractivity contribution in [2.45, 2.75) is 38.2 Å². The van der Waals surface area contributed by atoms with Crippen molar-refractivity contribution in [1.29, 1.82) is 0 Å². The number of benzene rings is 1. The van der Waals surface area contributed by atoms with Crippen LogP contribution >= 0.6 is 0 Å². The van der Waals surface area contributed by atoms with Crippen LogP contribution in [0.25, 0.3) is 0 Å². The smallest absolute Gasteiger partial charge is 0.338 e. The first-order chi connectivity index (χ1) is 13.7. The van der Waals surface area contributed by atoms with Crippen LogP contribution in [0.4, 0.5) is 0 Å². The predicted molar refractivity (Wildman–Crippen MR) is 106 cm³/mol. The maximum atomic E-state index is 12.9. The van der Waals surface area contributed by atoms with E-state index < -0.39 is 28.0 Å². The molecule has 1 fully saturated rings. The van der Waals surface area contributed by atoms with E-state index in [1.807, 2.05) is 6.92 Å². The van der Waals surface area contributed by atoms with E-state index in [0.29, 0.717) is 19.6 Å². The van der Waals surface area contributed by atoms with Crippen LogP contribution in [-0.2, 0) is 24.3 Å². The molecule has 1 aromatic rings. The van der Waals surface area contributed by atoms with E-state index in [9.17, 15) is 22.8 Å². The summed E-state index contributed by atoms with van der Waals surface area (Å²) in [5.74, 6) is -1.28. The van der Waals surface area contributed by atoms with E-state index >= 15 is 0 Å². The molecule has 0 aliphatic carbocycles. The number of hydrogen-bond donors (Lipinski definition) is 1. The number of carbonyl (C=O) groups is 3. The number of rotatable bonds is 7. The number of nitrogens with zero attached hydrogens (tertiary/aromatic N) is 2. The van der Waals surface area contributed by atoms with Crippen LogP contribution in [0, 0.1) is 0 Å². The predicted octanol–water partition coefficient (Wildman–Crippen LogP) is 0.611. The molecule has 1 aliphatic rings. The largest absolute Gasteiger partial charge is 0.449 e. The molecule has 1 atom stereocenters. The van der Waals surface area contributed by atoms with Crippen LogP contribution < -0.4 is 5.32 Å². The summed E-state index contributed by atoms with van der Waals surface area (Å²) in [6.07, 6.45) is -0.235. The molecule has 160 valence electrons. The molecule has 0 radical (unpaired) electrons. The standard InChI is InChI=1S/C19H27N3O6S/c1-4-8-20-18(24)14(2)28-19(25)16-6-5-7-17(13-16)29(26,27)22-11-9-21(10-12-22)15(3)23/h5-7,13-14H,4,8-12H2,1-3H3,(H,20,24)/t14-/m1/s1. The third kappa shape index (κ3) is 5.77. The van der Waals surface area contributed by atoms with E-state index in [2.05, 4.69) is 5.32 Å². The minimum Gasteiger partial charge on any atom is -0.449 e. The SMILES string of the molecule is CCCNC(=O)[C@@H](C)OC(=O)c1cccc(S(=O)(=O)N2CCN(C(C)=O)CC2)c1. The molecule has 1 aliphatic heterocycles. The highest BCUT2D eigenvalue weighted by atomic mass is 32.2. The number of carbonyl (C=O) groups excluding carboxylic acids is 3. The van der Waals surface area contributed by atoms with E-state index in [-0.39, 0.29) is 29.5 Å². The van der Waals surface area contributed by atoms with E-state index in [1.54, 1.807) is 4.90 Å². The zero-order valence-corrected chi connectivity index (χ0v) is 17.7. The van der Waals surface area contributed by atoms with Gasteiger partial charge in [-0.3, -0.25) is 9.59 Å². The first-order valence-electron chi connectivity index (χ1n) is 9.51. The van der Waals surface area contributed by atoms with Gasteiger partial charge >= 0.3 is 5.97 Å². The number of nitrogens with one attached hydrogen (secondary N) is 1. The van der Waals surface area contributed by atoms with Gasteiger partial charge in [-0.1, -0.05) is 13.0 Å². The molecular weight excluding hydrogens is 398 g/mol. The molecule has 1 saturated heterocycles. The number of ether oxygens (including phenoxy) is 1. The molecule has 2 rings (SSSR count). The van der Waals surface area contributed by atoms with Gasteiger partial charge in [0.15, 0.2) is 6.10 Å². The Morgan fingerprint density at radius 1 is 1.17 bits per heavy atom. The molecule has 1 aromatic carbocycles. The highest BCUT2D eigenvalue weighted by Gasteiger charge is 2.30. The van der Waals surface area contributed by atoms with Gasteiger partial charge in [-0.2, -0.15) is 4.31 Å². The van der Waals surface area contributed by atoms with Gasteiger partial charge in [0.2, 0.25) is 15.9 Å². The Kier molecular flexibility index (Phi) is 7.74. The molecule has 9 nitrogen and oxygen atoms in total. The lowest BCUT2D eigenvalue weighted by atomic mass is 10.2. The van der Waals surface area contributed by atoms with Crippen LogP contribution in [0.3, 0.4) is 0 Å². The minimum atomic E-state index is -3.82. The Morgan fingerprint density at radius 2 is 1.83 bits per heavy atom. The Balaban J connectivity index is 2.09. The van der Waals surface area contributed by atoms with E-state index in [0.717, 1.165) is 6.42 Å². The fourth-order valence-electron chi connectivity index (χ4n) is 2.85. The highest BCUT2D eigenvalue weighted by Crippen LogP contribution is 2.19. The molecule has 0 spiro atoms. The second-order valence-corrected chi connectivity index (χ2v) is 8.71. The van der Waals surface area contributed by atoms with Crippen molar-refractivity contribution in [3.05, 3.63) is 29.8 Å². The molecule has 2 amide bonds. The minimum absolute atomic E-state index is 0.0358. The van der Waals surface area contributed by atoms with Crippen molar-refractivity contribution < 1.29 is 27.5 Å². The summed E-state index contributed by atoms with van der Waals surface area (Å²) in [6, 6.07) is 5.54. The lowest BCUT2D eigenvalue weighted by molar-refractivity contribution is -0.130. The van der Waals surface area contributed by atoms with Crippen LogP contribution in [0.1, 0.15) is 37.6 Å². The highest BCUT2D eigenvalue weighted by molar-refractivity contribution is 7.89. The third-order valence-electron chi connectivity index (χ3n) is 4.59. The number of esters is 1. The fourth-order valence-corrected chi connectivity index (χ4v) is 4.32. The van der Waals surface area contributed by atoms with Crippen molar-refractivity contribution in [2.24, 2.45) is 0 Å². The second kappa shape index (κ2) is 9.84. The first kappa shape index (κ1) is 22.8. The Labute approximate surface area is 171 Å². The zero-order chi connectivity index (χ0) is 21.6. The first-order valence-corrected chi connectivity index (χ1v) is 10.9. The van der Waals surface area contributed by atoms with Crippen molar-refractivity contribution in [1.82, 2.24) is 14.5 Å². The molecule has 0 bridgehead atoms. The van der Waals surface area contributed by atoms with Gasteiger partial charge in [0.25, 0.3) is 5.91 Å². The maximum Gasteiger partial charge on any atom is 0.338 e. The third-order valence-corrected chi connectivity index (χ3v) is 6.49. The fraction of sp³-hybridized carbons (Fsp3) is 0.526. The number of hydrogen-bond acceptors (Lipinski definition) is 6. The van der Waals surface area contributed by atoms with Gasteiger partial charge in [-0.15, -0.1) is 0 Å². The average molecular weight is 426 g/mol. The van der Waals surface area contributed by atoms with Gasteiger partial charge in [0, 0.05) is 39.6 Å². The normalized spacial score (nSPS) is 16.2. The van der Waals surface area contributed by atoms with Gasteiger partial charge in [-0.25, -0.2) is 13.2 Å². The van der Waals surface area contributed by atoms with Crippen molar-refractivity contribution in [3.63, 3.8) is 0 Å². The second-order valence-electron chi connectivity index (χ2n) is 6.78. The lowest BCUT2D eigenvalue weighted by Crippen LogP contribution is -2.49. The number of amides is 2. The lowest BCUT2D eigenvalue weighted by Gasteiger charge is -2.33.